The maximum absolute atomic E-state index is 14.9. The van der Waals surface area contributed by atoms with Crippen LogP contribution in [0.5, 0.6) is 0 Å². The summed E-state index contributed by atoms with van der Waals surface area (Å²) >= 11 is 19.2. The number of aryl methyl sites for hydroxylation is 1. The SMILES string of the molecule is C=CC(=O)N1CCN(c2c(C#N)c(=O)n(-c3c(C)ccnc3C(C)C)c3nc(-c4c(N)c(F)c(F)c(Cl)c4Cl)c(Cl)cc23)C[C@H]1C. The second-order valence-electron chi connectivity index (χ2n) is 11.3. The normalized spacial score (nSPS) is 15.0. The van der Waals surface area contributed by atoms with Crippen molar-refractivity contribution in [3.63, 3.8) is 0 Å². The predicted octanol–water partition coefficient (Wildman–Crippen LogP) is 6.79. The lowest BCUT2D eigenvalue weighted by Gasteiger charge is -2.41. The minimum atomic E-state index is -1.44. The van der Waals surface area contributed by atoms with Gasteiger partial charge in [-0.3, -0.25) is 19.1 Å². The Balaban J connectivity index is 1.94. The Morgan fingerprint density at radius 3 is 2.50 bits per heavy atom. The van der Waals surface area contributed by atoms with Gasteiger partial charge >= 0.3 is 0 Å². The first-order valence-corrected chi connectivity index (χ1v) is 15.3. The van der Waals surface area contributed by atoms with E-state index in [0.717, 1.165) is 0 Å². The average molecular weight is 687 g/mol. The number of hydrogen-bond donors (Lipinski definition) is 1. The number of piperazine rings is 1. The number of amides is 1. The first-order chi connectivity index (χ1) is 21.7. The number of carbonyl (C=O) groups excluding carboxylic acids is 1. The third-order valence-corrected chi connectivity index (χ3v) is 9.17. The number of fused-ring (bicyclic) bond motifs is 1. The van der Waals surface area contributed by atoms with Crippen molar-refractivity contribution in [2.45, 2.75) is 39.7 Å². The molecule has 0 aliphatic carbocycles. The summed E-state index contributed by atoms with van der Waals surface area (Å²) in [7, 11) is 0. The topological polar surface area (TPSA) is 121 Å². The van der Waals surface area contributed by atoms with Crippen molar-refractivity contribution in [3.05, 3.63) is 84.9 Å². The molecule has 0 saturated carbocycles. The van der Waals surface area contributed by atoms with E-state index in [0.29, 0.717) is 28.9 Å². The molecule has 14 heteroatoms. The molecule has 2 N–H and O–H groups in total. The first-order valence-electron chi connectivity index (χ1n) is 14.2. The molecule has 4 heterocycles. The third-order valence-electron chi connectivity index (χ3n) is 8.05. The minimum absolute atomic E-state index is 0.0324. The Hall–Kier alpha value is -4.24. The summed E-state index contributed by atoms with van der Waals surface area (Å²) in [4.78, 5) is 39.7. The van der Waals surface area contributed by atoms with Crippen LogP contribution in [-0.4, -0.2) is 51.0 Å². The number of rotatable bonds is 5. The Morgan fingerprint density at radius 1 is 1.20 bits per heavy atom. The van der Waals surface area contributed by atoms with Crippen LogP contribution in [-0.2, 0) is 4.79 Å². The molecule has 4 aromatic rings. The van der Waals surface area contributed by atoms with Gasteiger partial charge in [0.05, 0.1) is 43.5 Å². The number of nitrogens with two attached hydrogens (primary N) is 1. The van der Waals surface area contributed by atoms with Gasteiger partial charge < -0.3 is 15.5 Å². The maximum Gasteiger partial charge on any atom is 0.276 e. The number of carbonyl (C=O) groups is 1. The van der Waals surface area contributed by atoms with Gasteiger partial charge in [-0.05, 0) is 43.5 Å². The Kier molecular flexibility index (Phi) is 9.01. The molecule has 9 nitrogen and oxygen atoms in total. The second-order valence-corrected chi connectivity index (χ2v) is 12.4. The molecule has 0 radical (unpaired) electrons. The first kappa shape index (κ1) is 33.1. The fourth-order valence-electron chi connectivity index (χ4n) is 5.85. The van der Waals surface area contributed by atoms with Crippen LogP contribution in [0.15, 0.2) is 35.8 Å². The molecule has 3 aromatic heterocycles. The van der Waals surface area contributed by atoms with Gasteiger partial charge in [0.15, 0.2) is 11.6 Å². The average Bonchev–Trinajstić information content (AvgIpc) is 3.02. The molecule has 1 aliphatic heterocycles. The summed E-state index contributed by atoms with van der Waals surface area (Å²) < 4.78 is 30.6. The molecule has 1 atom stereocenters. The van der Waals surface area contributed by atoms with Crippen molar-refractivity contribution >= 4 is 63.1 Å². The standard InChI is InChI=1S/C32H28Cl3F2N7O2/c1-6-20(45)43-10-9-42(13-16(43)5)30-17-11-19(33)28(21-22(34)23(35)24(36)25(37)26(21)39)41-31(17)44(32(46)18(30)12-38)29-15(4)7-8-40-27(29)14(2)3/h6-8,11,14,16H,1,9-10,13,39H2,2-5H3/t16-/m1/s1. The van der Waals surface area contributed by atoms with Gasteiger partial charge in [-0.15, -0.1) is 0 Å². The van der Waals surface area contributed by atoms with E-state index in [1.54, 1.807) is 24.1 Å². The number of anilines is 2. The van der Waals surface area contributed by atoms with E-state index in [-0.39, 0.29) is 64.1 Å². The molecule has 0 bridgehead atoms. The minimum Gasteiger partial charge on any atom is -0.396 e. The van der Waals surface area contributed by atoms with Crippen LogP contribution in [0.2, 0.25) is 15.1 Å². The summed E-state index contributed by atoms with van der Waals surface area (Å²) in [6.07, 6.45) is 2.85. The van der Waals surface area contributed by atoms with Gasteiger partial charge in [0.2, 0.25) is 5.91 Å². The van der Waals surface area contributed by atoms with Crippen LogP contribution >= 0.6 is 34.8 Å². The number of nitrogen functional groups attached to an aromatic ring is 1. The molecule has 238 valence electrons. The van der Waals surface area contributed by atoms with Crippen molar-refractivity contribution in [3.8, 4) is 23.0 Å². The Labute approximate surface area is 278 Å². The fraction of sp³-hybridized carbons (Fsp3) is 0.281. The van der Waals surface area contributed by atoms with Gasteiger partial charge in [0.25, 0.3) is 5.56 Å². The molecule has 1 amide bonds. The Bertz CT molecular complexity index is 2030. The zero-order chi connectivity index (χ0) is 33.8. The van der Waals surface area contributed by atoms with Crippen LogP contribution < -0.4 is 16.2 Å². The fourth-order valence-corrected chi connectivity index (χ4v) is 6.55. The highest BCUT2D eigenvalue weighted by Gasteiger charge is 2.33. The number of pyridine rings is 3. The molecule has 5 rings (SSSR count). The molecule has 1 aromatic carbocycles. The number of hydrogen-bond acceptors (Lipinski definition) is 7. The van der Waals surface area contributed by atoms with Gasteiger partial charge in [0.1, 0.15) is 17.3 Å². The molecule has 0 unspecified atom stereocenters. The van der Waals surface area contributed by atoms with Crippen molar-refractivity contribution in [1.29, 1.82) is 5.26 Å². The van der Waals surface area contributed by atoms with Crippen LogP contribution in [0.25, 0.3) is 28.0 Å². The summed E-state index contributed by atoms with van der Waals surface area (Å²) in [5.74, 6) is -3.26. The number of nitriles is 1. The molecule has 1 saturated heterocycles. The highest BCUT2D eigenvalue weighted by Crippen LogP contribution is 2.45. The predicted molar refractivity (Wildman–Crippen MR) is 177 cm³/mol. The largest absolute Gasteiger partial charge is 0.396 e. The monoisotopic (exact) mass is 685 g/mol. The zero-order valence-electron chi connectivity index (χ0n) is 25.3. The van der Waals surface area contributed by atoms with Crippen molar-refractivity contribution in [2.24, 2.45) is 0 Å². The molecular formula is C32H28Cl3F2N7O2. The number of aromatic nitrogens is 3. The highest BCUT2D eigenvalue weighted by molar-refractivity contribution is 6.45. The van der Waals surface area contributed by atoms with Crippen LogP contribution in [0.3, 0.4) is 0 Å². The molecule has 1 aliphatic rings. The van der Waals surface area contributed by atoms with E-state index >= 15 is 0 Å². The van der Waals surface area contributed by atoms with Gasteiger partial charge in [-0.1, -0.05) is 55.2 Å². The summed E-state index contributed by atoms with van der Waals surface area (Å²) in [6, 6.07) is 4.98. The van der Waals surface area contributed by atoms with E-state index in [9.17, 15) is 23.6 Å². The highest BCUT2D eigenvalue weighted by atomic mass is 35.5. The number of benzene rings is 1. The molecule has 0 spiro atoms. The van der Waals surface area contributed by atoms with Crippen molar-refractivity contribution in [2.75, 3.05) is 30.3 Å². The summed E-state index contributed by atoms with van der Waals surface area (Å²) in [5.41, 5.74) is 5.92. The smallest absolute Gasteiger partial charge is 0.276 e. The maximum atomic E-state index is 14.9. The van der Waals surface area contributed by atoms with Gasteiger partial charge in [-0.2, -0.15) is 5.26 Å². The van der Waals surface area contributed by atoms with Crippen LogP contribution in [0.1, 0.15) is 43.5 Å². The van der Waals surface area contributed by atoms with E-state index in [1.165, 1.54) is 16.7 Å². The van der Waals surface area contributed by atoms with Gasteiger partial charge in [0, 0.05) is 42.8 Å². The van der Waals surface area contributed by atoms with E-state index in [1.807, 2.05) is 25.7 Å². The lowest BCUT2D eigenvalue weighted by molar-refractivity contribution is -0.128. The third kappa shape index (κ3) is 5.24. The van der Waals surface area contributed by atoms with Crippen molar-refractivity contribution < 1.29 is 13.6 Å². The van der Waals surface area contributed by atoms with Gasteiger partial charge in [-0.25, -0.2) is 13.8 Å². The van der Waals surface area contributed by atoms with E-state index in [4.69, 9.17) is 45.5 Å². The van der Waals surface area contributed by atoms with Crippen LogP contribution in [0.4, 0.5) is 20.2 Å². The summed E-state index contributed by atoms with van der Waals surface area (Å²) in [5, 5.41) is 9.53. The lowest BCUT2D eigenvalue weighted by atomic mass is 10.0. The van der Waals surface area contributed by atoms with E-state index < -0.39 is 32.9 Å². The lowest BCUT2D eigenvalue weighted by Crippen LogP contribution is -2.54. The summed E-state index contributed by atoms with van der Waals surface area (Å²) in [6.45, 7) is 11.9. The molecule has 1 fully saturated rings. The number of nitrogens with zero attached hydrogens (tertiary/aromatic N) is 6. The second kappa shape index (κ2) is 12.5. The van der Waals surface area contributed by atoms with Crippen LogP contribution in [0, 0.1) is 29.9 Å². The zero-order valence-corrected chi connectivity index (χ0v) is 27.5. The molecular weight excluding hydrogens is 659 g/mol. The quantitative estimate of drug-likeness (QED) is 0.106. The molecule has 46 heavy (non-hydrogen) atoms. The Morgan fingerprint density at radius 2 is 1.89 bits per heavy atom. The van der Waals surface area contributed by atoms with Crippen molar-refractivity contribution in [1.82, 2.24) is 19.4 Å². The number of halogens is 5. The van der Waals surface area contributed by atoms with E-state index in [2.05, 4.69) is 17.6 Å².